The van der Waals surface area contributed by atoms with Crippen LogP contribution in [0.5, 0.6) is 0 Å². The van der Waals surface area contributed by atoms with Gasteiger partial charge in [-0.3, -0.25) is 33.6 Å². The van der Waals surface area contributed by atoms with Gasteiger partial charge in [-0.1, -0.05) is 120 Å². The summed E-state index contributed by atoms with van der Waals surface area (Å²) in [5, 5.41) is 21.6. The van der Waals surface area contributed by atoms with Crippen LogP contribution in [0.15, 0.2) is 91.0 Å². The highest BCUT2D eigenvalue weighted by molar-refractivity contribution is 5.97. The van der Waals surface area contributed by atoms with Crippen LogP contribution in [-0.4, -0.2) is 114 Å². The number of likely N-dealkylation sites (N-methyl/N-ethyl adjacent to an activating group) is 2. The van der Waals surface area contributed by atoms with Crippen molar-refractivity contribution in [1.82, 2.24) is 47.0 Å². The molecule has 4 aliphatic rings. The third-order valence-corrected chi connectivity index (χ3v) is 17.0. The highest BCUT2D eigenvalue weighted by Crippen LogP contribution is 2.35. The number of benzene rings is 4. The van der Waals surface area contributed by atoms with Gasteiger partial charge in [0.05, 0.1) is 24.2 Å². The largest absolute Gasteiger partial charge is 0.347 e. The summed E-state index contributed by atoms with van der Waals surface area (Å²) in [6.07, 6.45) is 7.21. The van der Waals surface area contributed by atoms with Crippen molar-refractivity contribution < 1.29 is 33.6 Å². The third-order valence-electron chi connectivity index (χ3n) is 17.0. The summed E-state index contributed by atoms with van der Waals surface area (Å²) in [7, 11) is 3.38. The molecule has 7 N–H and O–H groups in total. The molecule has 0 bridgehead atoms. The van der Waals surface area contributed by atoms with Crippen molar-refractivity contribution in [2.24, 2.45) is 10.8 Å². The molecule has 428 valence electrons. The number of rotatable bonds is 17. The molecule has 16 heteroatoms. The molecule has 2 aliphatic carbocycles. The quantitative estimate of drug-likeness (QED) is 0.0652. The van der Waals surface area contributed by atoms with Gasteiger partial charge in [-0.15, -0.1) is 0 Å². The van der Waals surface area contributed by atoms with Crippen LogP contribution in [0.4, 0.5) is 0 Å². The molecule has 0 spiro atoms. The number of hydrogen-bond donors (Lipinski definition) is 7. The second-order valence-electron chi connectivity index (χ2n) is 24.8. The van der Waals surface area contributed by atoms with E-state index in [9.17, 15) is 33.6 Å². The average Bonchev–Trinajstić information content (AvgIpc) is 3.88. The van der Waals surface area contributed by atoms with Crippen LogP contribution in [0.2, 0.25) is 0 Å². The highest BCUT2D eigenvalue weighted by Gasteiger charge is 2.47. The molecule has 80 heavy (non-hydrogen) atoms. The van der Waals surface area contributed by atoms with Gasteiger partial charge in [0.2, 0.25) is 35.4 Å². The number of fused-ring (bicyclic) bond motifs is 3. The van der Waals surface area contributed by atoms with E-state index in [4.69, 9.17) is 0 Å². The standard InChI is InChI=1S/C64H85N9O7/c1-38(65-9)56(74)70-54(63(3,4)5)61(79)72-36-46-33-41(29-32-45(46)34-52(72)59(77)68-50-23-15-19-42-17-11-13-21-48(42)50)26-25-40-27-30-44(31-28-40)58(76)67-47-35-53(60(78)69-51-24-16-20-43-18-12-14-22-49(43)51)73(37-47)62(80)55(64(6,7)8)71-57(75)39(2)66-10/h11-14,17-18,21-22,27-33,38-39,47,50-55,65-66H,15-16,19-20,23-26,34-37H2,1-10H3,(H,67,76)(H,68,77)(H,69,78)(H,70,74)(H,71,75)/t38-,39-,47-,50+,51+,52-,53-,54+,55+/m0/s1. The molecular weight excluding hydrogens is 1010 g/mol. The Hall–Kier alpha value is -6.91. The molecule has 0 saturated carbocycles. The molecule has 2 aliphatic heterocycles. The fourth-order valence-electron chi connectivity index (χ4n) is 11.8. The lowest BCUT2D eigenvalue weighted by atomic mass is 9.83. The van der Waals surface area contributed by atoms with Gasteiger partial charge in [-0.2, -0.15) is 0 Å². The Balaban J connectivity index is 0.955. The summed E-state index contributed by atoms with van der Waals surface area (Å²) in [6.45, 7) is 15.2. The first-order valence-corrected chi connectivity index (χ1v) is 28.9. The van der Waals surface area contributed by atoms with E-state index in [0.717, 1.165) is 71.9 Å². The average molecular weight is 1090 g/mol. The number of hydrogen-bond acceptors (Lipinski definition) is 9. The lowest BCUT2D eigenvalue weighted by Crippen LogP contribution is -2.62. The van der Waals surface area contributed by atoms with E-state index in [1.54, 1.807) is 45.0 Å². The zero-order chi connectivity index (χ0) is 57.6. The summed E-state index contributed by atoms with van der Waals surface area (Å²) in [4.78, 5) is 102. The number of aryl methyl sites for hydroxylation is 4. The SMILES string of the molecule is CN[C@@H](C)C(=O)N[C@H](C(=O)N1Cc2cc(CCc3ccc(C(=O)N[C@H]4C[C@@H](C(=O)N[C@@H]5CCCc6ccccc65)N(C(=O)[C@@H](NC(=O)[C@H](C)NC)C(C)(C)C)C4)cc3)ccc2C[C@H]1C(=O)N[C@@H]1CCCc2ccccc21)C(C)(C)C. The first-order valence-electron chi connectivity index (χ1n) is 28.9. The molecule has 1 saturated heterocycles. The van der Waals surface area contributed by atoms with Crippen molar-refractivity contribution in [2.45, 2.75) is 181 Å². The molecule has 4 aromatic rings. The Bertz CT molecular complexity index is 2930. The van der Waals surface area contributed by atoms with Crippen molar-refractivity contribution in [3.63, 3.8) is 0 Å². The number of carbonyl (C=O) groups excluding carboxylic acids is 7. The van der Waals surface area contributed by atoms with Gasteiger partial charge in [0, 0.05) is 31.1 Å². The minimum absolute atomic E-state index is 0.0890. The van der Waals surface area contributed by atoms with E-state index in [-0.39, 0.29) is 72.9 Å². The third kappa shape index (κ3) is 13.8. The molecule has 9 atom stereocenters. The lowest BCUT2D eigenvalue weighted by Gasteiger charge is -2.42. The van der Waals surface area contributed by atoms with Gasteiger partial charge in [-0.25, -0.2) is 0 Å². The molecule has 7 amide bonds. The number of nitrogens with one attached hydrogen (secondary N) is 7. The van der Waals surface area contributed by atoms with Crippen LogP contribution >= 0.6 is 0 Å². The normalized spacial score (nSPS) is 21.3. The minimum atomic E-state index is -0.936. The Kier molecular flexibility index (Phi) is 18.7. The lowest BCUT2D eigenvalue weighted by molar-refractivity contribution is -0.147. The topological polar surface area (TPSA) is 210 Å². The molecular formula is C64H85N9O7. The maximum Gasteiger partial charge on any atom is 0.251 e. The molecule has 0 unspecified atom stereocenters. The van der Waals surface area contributed by atoms with Crippen LogP contribution in [0.1, 0.15) is 154 Å². The molecule has 2 heterocycles. The van der Waals surface area contributed by atoms with Crippen molar-refractivity contribution in [3.05, 3.63) is 141 Å². The Morgan fingerprint density at radius 1 is 0.562 bits per heavy atom. The minimum Gasteiger partial charge on any atom is -0.347 e. The monoisotopic (exact) mass is 1090 g/mol. The van der Waals surface area contributed by atoms with E-state index in [1.165, 1.54) is 16.0 Å². The predicted molar refractivity (Wildman–Crippen MR) is 310 cm³/mol. The van der Waals surface area contributed by atoms with Crippen molar-refractivity contribution in [1.29, 1.82) is 0 Å². The summed E-state index contributed by atoms with van der Waals surface area (Å²) < 4.78 is 0. The van der Waals surface area contributed by atoms with Gasteiger partial charge in [0.15, 0.2) is 0 Å². The summed E-state index contributed by atoms with van der Waals surface area (Å²) in [5.74, 6) is -2.15. The van der Waals surface area contributed by atoms with Crippen LogP contribution in [0, 0.1) is 10.8 Å². The Morgan fingerprint density at radius 2 is 1.05 bits per heavy atom. The van der Waals surface area contributed by atoms with Gasteiger partial charge in [-0.05, 0) is 153 Å². The van der Waals surface area contributed by atoms with Crippen LogP contribution in [0.25, 0.3) is 0 Å². The zero-order valence-corrected chi connectivity index (χ0v) is 48.6. The van der Waals surface area contributed by atoms with E-state index in [0.29, 0.717) is 24.8 Å². The van der Waals surface area contributed by atoms with Crippen molar-refractivity contribution in [2.75, 3.05) is 20.6 Å². The van der Waals surface area contributed by atoms with Gasteiger partial charge in [0.1, 0.15) is 24.2 Å². The van der Waals surface area contributed by atoms with Crippen molar-refractivity contribution in [3.8, 4) is 0 Å². The van der Waals surface area contributed by atoms with E-state index >= 15 is 0 Å². The van der Waals surface area contributed by atoms with E-state index in [1.807, 2.05) is 84.0 Å². The highest BCUT2D eigenvalue weighted by atomic mass is 16.2. The zero-order valence-electron chi connectivity index (χ0n) is 48.6. The first-order chi connectivity index (χ1) is 38.0. The first kappa shape index (κ1) is 59.2. The molecule has 0 aromatic heterocycles. The van der Waals surface area contributed by atoms with E-state index < -0.39 is 53.1 Å². The van der Waals surface area contributed by atoms with E-state index in [2.05, 4.69) is 73.6 Å². The summed E-state index contributed by atoms with van der Waals surface area (Å²) >= 11 is 0. The number of likely N-dealkylation sites (tertiary alicyclic amines) is 1. The van der Waals surface area contributed by atoms with Crippen LogP contribution < -0.4 is 37.2 Å². The number of amides is 7. The number of carbonyl (C=O) groups is 7. The van der Waals surface area contributed by atoms with Gasteiger partial charge < -0.3 is 47.0 Å². The molecule has 8 rings (SSSR count). The Morgan fingerprint density at radius 3 is 1.57 bits per heavy atom. The fraction of sp³-hybridized carbons (Fsp3) is 0.516. The van der Waals surface area contributed by atoms with Crippen LogP contribution in [0.3, 0.4) is 0 Å². The van der Waals surface area contributed by atoms with Crippen LogP contribution in [-0.2, 0) is 67.4 Å². The Labute approximate surface area is 473 Å². The van der Waals surface area contributed by atoms with Gasteiger partial charge in [0.25, 0.3) is 5.91 Å². The maximum atomic E-state index is 14.9. The molecule has 4 aromatic carbocycles. The molecule has 0 radical (unpaired) electrons. The summed E-state index contributed by atoms with van der Waals surface area (Å²) in [6, 6.07) is 24.5. The van der Waals surface area contributed by atoms with Gasteiger partial charge >= 0.3 is 0 Å². The fourth-order valence-corrected chi connectivity index (χ4v) is 11.8. The van der Waals surface area contributed by atoms with Crippen molar-refractivity contribution >= 4 is 41.4 Å². The second-order valence-corrected chi connectivity index (χ2v) is 24.8. The smallest absolute Gasteiger partial charge is 0.251 e. The maximum absolute atomic E-state index is 14.9. The molecule has 16 nitrogen and oxygen atoms in total. The second kappa shape index (κ2) is 25.3. The summed E-state index contributed by atoms with van der Waals surface area (Å²) in [5.41, 5.74) is 7.71. The molecule has 1 fully saturated rings. The predicted octanol–water partition coefficient (Wildman–Crippen LogP) is 6.09. The number of nitrogens with zero attached hydrogens (tertiary/aromatic N) is 2.